The standard InChI is InChI=1S/C13H15ClFNO2/c14-11-2-1-3-12(15)10(11)8-16-6-4-9(5-7-16)13(17)18/h1-3,9H,4-8H2,(H,17,18). The van der Waals surface area contributed by atoms with Crippen molar-refractivity contribution in [3.05, 3.63) is 34.6 Å². The highest BCUT2D eigenvalue weighted by molar-refractivity contribution is 6.31. The minimum Gasteiger partial charge on any atom is -0.550 e. The molecule has 2 rings (SSSR count). The normalized spacial score (nSPS) is 23.9. The van der Waals surface area contributed by atoms with Gasteiger partial charge in [-0.2, -0.15) is 0 Å². The zero-order chi connectivity index (χ0) is 13.1. The fourth-order valence-electron chi connectivity index (χ4n) is 2.39. The third-order valence-electron chi connectivity index (χ3n) is 3.51. The molecule has 1 aromatic carbocycles. The van der Waals surface area contributed by atoms with Crippen molar-refractivity contribution < 1.29 is 19.2 Å². The van der Waals surface area contributed by atoms with Crippen molar-refractivity contribution in [2.75, 3.05) is 13.1 Å². The van der Waals surface area contributed by atoms with Gasteiger partial charge in [0.2, 0.25) is 0 Å². The number of hydrogen-bond acceptors (Lipinski definition) is 2. The van der Waals surface area contributed by atoms with Crippen molar-refractivity contribution in [2.45, 2.75) is 19.4 Å². The molecular weight excluding hydrogens is 257 g/mol. The molecule has 0 bridgehead atoms. The Kier molecular flexibility index (Phi) is 4.19. The van der Waals surface area contributed by atoms with Gasteiger partial charge in [-0.05, 0) is 12.1 Å². The molecule has 1 saturated heterocycles. The molecule has 18 heavy (non-hydrogen) atoms. The Balaban J connectivity index is 1.98. The van der Waals surface area contributed by atoms with Gasteiger partial charge in [-0.25, -0.2) is 4.39 Å². The zero-order valence-electron chi connectivity index (χ0n) is 9.92. The predicted molar refractivity (Wildman–Crippen MR) is 63.5 cm³/mol. The highest BCUT2D eigenvalue weighted by Gasteiger charge is 2.24. The van der Waals surface area contributed by atoms with Crippen LogP contribution < -0.4 is 10.0 Å². The number of carboxylic acid groups (broad SMARTS) is 1. The van der Waals surface area contributed by atoms with Crippen molar-refractivity contribution in [1.82, 2.24) is 0 Å². The Hall–Kier alpha value is -1.13. The van der Waals surface area contributed by atoms with Crippen LogP contribution in [0.5, 0.6) is 0 Å². The van der Waals surface area contributed by atoms with E-state index in [9.17, 15) is 14.3 Å². The fraction of sp³-hybridized carbons (Fsp3) is 0.462. The first kappa shape index (κ1) is 13.3. The van der Waals surface area contributed by atoms with Gasteiger partial charge in [-0.15, -0.1) is 0 Å². The van der Waals surface area contributed by atoms with Crippen LogP contribution in [0.3, 0.4) is 0 Å². The second-order valence-electron chi connectivity index (χ2n) is 4.72. The second kappa shape index (κ2) is 5.67. The average molecular weight is 272 g/mol. The number of rotatable bonds is 3. The summed E-state index contributed by atoms with van der Waals surface area (Å²) >= 11 is 5.97. The molecule has 0 atom stereocenters. The van der Waals surface area contributed by atoms with Gasteiger partial charge in [0, 0.05) is 24.7 Å². The molecule has 1 aromatic rings. The summed E-state index contributed by atoms with van der Waals surface area (Å²) in [5.74, 6) is -1.63. The summed E-state index contributed by atoms with van der Waals surface area (Å²) in [6, 6.07) is 4.65. The molecule has 5 heteroatoms. The number of quaternary nitrogens is 1. The molecule has 3 nitrogen and oxygen atoms in total. The van der Waals surface area contributed by atoms with Crippen LogP contribution in [0.2, 0.25) is 5.02 Å². The second-order valence-corrected chi connectivity index (χ2v) is 5.13. The number of likely N-dealkylation sites (tertiary alicyclic amines) is 1. The van der Waals surface area contributed by atoms with Gasteiger partial charge in [0.15, 0.2) is 0 Å². The van der Waals surface area contributed by atoms with Crippen molar-refractivity contribution in [2.24, 2.45) is 5.92 Å². The van der Waals surface area contributed by atoms with Crippen molar-refractivity contribution >= 4 is 17.6 Å². The maximum atomic E-state index is 13.6. The molecule has 0 unspecified atom stereocenters. The Bertz CT molecular complexity index is 424. The molecule has 0 amide bonds. The van der Waals surface area contributed by atoms with Crippen LogP contribution in [0.4, 0.5) is 4.39 Å². The lowest BCUT2D eigenvalue weighted by molar-refractivity contribution is -0.919. The molecule has 0 aliphatic carbocycles. The Morgan fingerprint density at radius 1 is 1.44 bits per heavy atom. The summed E-state index contributed by atoms with van der Waals surface area (Å²) in [7, 11) is 0. The first-order valence-electron chi connectivity index (χ1n) is 6.05. The van der Waals surface area contributed by atoms with Gasteiger partial charge in [0.25, 0.3) is 0 Å². The van der Waals surface area contributed by atoms with Gasteiger partial charge in [0.1, 0.15) is 12.4 Å². The number of hydrogen-bond donors (Lipinski definition) is 1. The number of carbonyl (C=O) groups excluding carboxylic acids is 1. The van der Waals surface area contributed by atoms with Crippen molar-refractivity contribution in [3.8, 4) is 0 Å². The summed E-state index contributed by atoms with van der Waals surface area (Å²) in [4.78, 5) is 11.9. The predicted octanol–water partition coefficient (Wildman–Crippen LogP) is 0.0239. The van der Waals surface area contributed by atoms with Crippen molar-refractivity contribution in [1.29, 1.82) is 0 Å². The van der Waals surface area contributed by atoms with E-state index < -0.39 is 5.97 Å². The number of carbonyl (C=O) groups is 1. The van der Waals surface area contributed by atoms with Gasteiger partial charge >= 0.3 is 0 Å². The van der Waals surface area contributed by atoms with E-state index in [2.05, 4.69) is 0 Å². The number of carboxylic acids is 1. The lowest BCUT2D eigenvalue weighted by Gasteiger charge is -2.29. The van der Waals surface area contributed by atoms with E-state index in [0.29, 0.717) is 43.1 Å². The average Bonchev–Trinajstić information content (AvgIpc) is 2.34. The maximum Gasteiger partial charge on any atom is 0.133 e. The summed E-state index contributed by atoms with van der Waals surface area (Å²) in [5.41, 5.74) is 0.515. The SMILES string of the molecule is O=C([O-])C1CC[NH+](Cc2c(F)cccc2Cl)CC1. The first-order chi connectivity index (χ1) is 8.58. The number of nitrogens with one attached hydrogen (secondary N) is 1. The molecule has 1 aliphatic heterocycles. The number of piperidine rings is 1. The highest BCUT2D eigenvalue weighted by atomic mass is 35.5. The Morgan fingerprint density at radius 3 is 2.67 bits per heavy atom. The molecule has 1 N–H and O–H groups in total. The quantitative estimate of drug-likeness (QED) is 0.843. The van der Waals surface area contributed by atoms with Crippen LogP contribution in [0.25, 0.3) is 0 Å². The smallest absolute Gasteiger partial charge is 0.133 e. The van der Waals surface area contributed by atoms with E-state index in [4.69, 9.17) is 11.6 Å². The lowest BCUT2D eigenvalue weighted by atomic mass is 9.97. The summed E-state index contributed by atoms with van der Waals surface area (Å²) in [5, 5.41) is 11.2. The minimum atomic E-state index is -0.974. The lowest BCUT2D eigenvalue weighted by Crippen LogP contribution is -3.12. The third kappa shape index (κ3) is 3.00. The molecule has 1 aliphatic rings. The topological polar surface area (TPSA) is 44.6 Å². The van der Waals surface area contributed by atoms with E-state index in [1.165, 1.54) is 11.0 Å². The van der Waals surface area contributed by atoms with Gasteiger partial charge in [-0.1, -0.05) is 17.7 Å². The Labute approximate surface area is 110 Å². The molecule has 0 spiro atoms. The summed E-state index contributed by atoms with van der Waals surface area (Å²) < 4.78 is 13.6. The fourth-order valence-corrected chi connectivity index (χ4v) is 2.62. The molecule has 0 radical (unpaired) electrons. The van der Waals surface area contributed by atoms with Crippen LogP contribution in [0.1, 0.15) is 18.4 Å². The minimum absolute atomic E-state index is 0.294. The molecule has 1 fully saturated rings. The van der Waals surface area contributed by atoms with E-state index in [1.54, 1.807) is 12.1 Å². The van der Waals surface area contributed by atoms with Crippen LogP contribution in [-0.2, 0) is 11.3 Å². The monoisotopic (exact) mass is 271 g/mol. The van der Waals surface area contributed by atoms with E-state index in [0.717, 1.165) is 0 Å². The number of aliphatic carboxylic acids is 1. The Morgan fingerprint density at radius 2 is 2.11 bits per heavy atom. The van der Waals surface area contributed by atoms with Gasteiger partial charge < -0.3 is 14.8 Å². The highest BCUT2D eigenvalue weighted by Crippen LogP contribution is 2.18. The largest absolute Gasteiger partial charge is 0.550 e. The molecule has 0 aromatic heterocycles. The zero-order valence-corrected chi connectivity index (χ0v) is 10.7. The maximum absolute atomic E-state index is 13.6. The number of halogens is 2. The van der Waals surface area contributed by atoms with Gasteiger partial charge in [-0.3, -0.25) is 0 Å². The summed E-state index contributed by atoms with van der Waals surface area (Å²) in [6.07, 6.45) is 1.17. The van der Waals surface area contributed by atoms with Crippen LogP contribution in [0, 0.1) is 11.7 Å². The van der Waals surface area contributed by atoms with Crippen LogP contribution in [0.15, 0.2) is 18.2 Å². The van der Waals surface area contributed by atoms with Crippen LogP contribution in [-0.4, -0.2) is 19.1 Å². The first-order valence-corrected chi connectivity index (χ1v) is 6.43. The van der Waals surface area contributed by atoms with E-state index in [-0.39, 0.29) is 11.7 Å². The van der Waals surface area contributed by atoms with E-state index in [1.807, 2.05) is 0 Å². The molecule has 0 saturated carbocycles. The molecule has 1 heterocycles. The molecular formula is C13H15ClFNO2. The number of benzene rings is 1. The summed E-state index contributed by atoms with van der Waals surface area (Å²) in [6.45, 7) is 1.93. The van der Waals surface area contributed by atoms with Crippen LogP contribution >= 0.6 is 11.6 Å². The van der Waals surface area contributed by atoms with Crippen molar-refractivity contribution in [3.63, 3.8) is 0 Å². The third-order valence-corrected chi connectivity index (χ3v) is 3.87. The van der Waals surface area contributed by atoms with Gasteiger partial charge in [0.05, 0.1) is 23.7 Å². The van der Waals surface area contributed by atoms with E-state index >= 15 is 0 Å². The molecule has 98 valence electrons.